The summed E-state index contributed by atoms with van der Waals surface area (Å²) in [5.41, 5.74) is 3.58. The second kappa shape index (κ2) is 14.8. The first-order valence-electron chi connectivity index (χ1n) is 14.2. The third-order valence-corrected chi connectivity index (χ3v) is 9.45. The van der Waals surface area contributed by atoms with Gasteiger partial charge in [-0.15, -0.1) is 0 Å². The molecule has 4 aromatic rings. The van der Waals surface area contributed by atoms with E-state index in [1.165, 1.54) is 29.2 Å². The van der Waals surface area contributed by atoms with Gasteiger partial charge in [0.1, 0.15) is 12.6 Å². The molecular weight excluding hydrogens is 617 g/mol. The molecule has 0 saturated heterocycles. The van der Waals surface area contributed by atoms with E-state index in [1.54, 1.807) is 25.1 Å². The Morgan fingerprint density at radius 1 is 0.818 bits per heavy atom. The van der Waals surface area contributed by atoms with Crippen LogP contribution in [0.2, 0.25) is 10.0 Å². The van der Waals surface area contributed by atoms with Gasteiger partial charge in [0.15, 0.2) is 0 Å². The van der Waals surface area contributed by atoms with Crippen LogP contribution in [0, 0.1) is 13.8 Å². The van der Waals surface area contributed by atoms with Crippen LogP contribution in [0.1, 0.15) is 29.2 Å². The monoisotopic (exact) mass is 651 g/mol. The minimum Gasteiger partial charge on any atom is -0.355 e. The van der Waals surface area contributed by atoms with E-state index < -0.39 is 28.5 Å². The molecule has 44 heavy (non-hydrogen) atoms. The van der Waals surface area contributed by atoms with Gasteiger partial charge < -0.3 is 10.2 Å². The van der Waals surface area contributed by atoms with Gasteiger partial charge in [-0.1, -0.05) is 101 Å². The number of benzene rings is 4. The van der Waals surface area contributed by atoms with Gasteiger partial charge in [-0.25, -0.2) is 8.42 Å². The largest absolute Gasteiger partial charge is 0.355 e. The molecule has 1 atom stereocenters. The van der Waals surface area contributed by atoms with Crippen molar-refractivity contribution in [2.45, 2.75) is 44.7 Å². The van der Waals surface area contributed by atoms with Crippen molar-refractivity contribution in [3.63, 3.8) is 0 Å². The van der Waals surface area contributed by atoms with Crippen LogP contribution in [0.3, 0.4) is 0 Å². The number of rotatable bonds is 12. The van der Waals surface area contributed by atoms with E-state index in [1.807, 2.05) is 68.4 Å². The first kappa shape index (κ1) is 33.1. The van der Waals surface area contributed by atoms with Crippen molar-refractivity contribution in [1.29, 1.82) is 0 Å². The zero-order valence-corrected chi connectivity index (χ0v) is 27.2. The first-order chi connectivity index (χ1) is 21.0. The van der Waals surface area contributed by atoms with E-state index in [2.05, 4.69) is 5.32 Å². The van der Waals surface area contributed by atoms with Crippen LogP contribution in [-0.2, 0) is 32.6 Å². The summed E-state index contributed by atoms with van der Waals surface area (Å²) in [7, 11) is -4.29. The summed E-state index contributed by atoms with van der Waals surface area (Å²) in [5, 5.41) is 3.21. The number of anilines is 1. The Morgan fingerprint density at radius 2 is 1.50 bits per heavy atom. The van der Waals surface area contributed by atoms with E-state index in [0.717, 1.165) is 26.6 Å². The van der Waals surface area contributed by atoms with Crippen LogP contribution in [0.5, 0.6) is 0 Å². The van der Waals surface area contributed by atoms with Crippen molar-refractivity contribution >= 4 is 50.7 Å². The topological polar surface area (TPSA) is 86.8 Å². The van der Waals surface area contributed by atoms with Crippen LogP contribution >= 0.6 is 23.2 Å². The molecule has 4 rings (SSSR count). The Balaban J connectivity index is 1.83. The van der Waals surface area contributed by atoms with Crippen molar-refractivity contribution in [2.24, 2.45) is 0 Å². The van der Waals surface area contributed by atoms with E-state index in [4.69, 9.17) is 23.2 Å². The van der Waals surface area contributed by atoms with Gasteiger partial charge in [0.25, 0.3) is 10.0 Å². The van der Waals surface area contributed by atoms with Crippen molar-refractivity contribution in [3.05, 3.63) is 129 Å². The SMILES string of the molecule is CCNC(=O)C(Cc1ccccc1)N(Cc1cccc(C)c1)C(=O)CN(c1cc(Cl)ccc1Cl)S(=O)(=O)c1ccc(C)cc1. The van der Waals surface area contributed by atoms with E-state index in [9.17, 15) is 18.0 Å². The molecular formula is C34H35Cl2N3O4S. The number of nitrogens with one attached hydrogen (secondary N) is 1. The summed E-state index contributed by atoms with van der Waals surface area (Å²) in [6.45, 7) is 5.42. The minimum atomic E-state index is -4.29. The van der Waals surface area contributed by atoms with E-state index in [-0.39, 0.29) is 39.5 Å². The molecule has 10 heteroatoms. The summed E-state index contributed by atoms with van der Waals surface area (Å²) in [6, 6.07) is 26.9. The Morgan fingerprint density at radius 3 is 2.16 bits per heavy atom. The molecule has 1 N–H and O–H groups in total. The Kier molecular flexibility index (Phi) is 11.1. The van der Waals surface area contributed by atoms with Gasteiger partial charge in [0.05, 0.1) is 15.6 Å². The number of likely N-dealkylation sites (N-methyl/N-ethyl adjacent to an activating group) is 1. The minimum absolute atomic E-state index is 0.0123. The second-order valence-corrected chi connectivity index (χ2v) is 13.2. The molecule has 4 aromatic carbocycles. The molecule has 0 fully saturated rings. The standard InChI is InChI=1S/C34H35Cl2N3O4S/c1-4-37-34(41)32(20-26-10-6-5-7-11-26)38(22-27-12-8-9-25(3)19-27)33(40)23-39(31-21-28(35)15-18-30(31)36)44(42,43)29-16-13-24(2)14-17-29/h5-19,21,32H,4,20,22-23H2,1-3H3,(H,37,41). The zero-order chi connectivity index (χ0) is 31.9. The lowest BCUT2D eigenvalue weighted by Gasteiger charge is -2.34. The average molecular weight is 653 g/mol. The number of sulfonamides is 1. The predicted octanol–water partition coefficient (Wildman–Crippen LogP) is 6.58. The summed E-state index contributed by atoms with van der Waals surface area (Å²) < 4.78 is 29.2. The van der Waals surface area contributed by atoms with Crippen molar-refractivity contribution in [2.75, 3.05) is 17.4 Å². The number of nitrogens with zero attached hydrogens (tertiary/aromatic N) is 2. The molecule has 2 amide bonds. The lowest BCUT2D eigenvalue weighted by molar-refractivity contribution is -0.140. The summed E-state index contributed by atoms with van der Waals surface area (Å²) in [5.74, 6) is -0.920. The quantitative estimate of drug-likeness (QED) is 0.187. The van der Waals surface area contributed by atoms with Gasteiger partial charge >= 0.3 is 0 Å². The molecule has 230 valence electrons. The molecule has 0 aliphatic rings. The maximum absolute atomic E-state index is 14.4. The molecule has 0 saturated carbocycles. The number of hydrogen-bond donors (Lipinski definition) is 1. The summed E-state index contributed by atoms with van der Waals surface area (Å²) in [4.78, 5) is 29.5. The fourth-order valence-electron chi connectivity index (χ4n) is 4.88. The fraction of sp³-hybridized carbons (Fsp3) is 0.235. The lowest BCUT2D eigenvalue weighted by atomic mass is 10.0. The number of carbonyl (C=O) groups excluding carboxylic acids is 2. The first-order valence-corrected chi connectivity index (χ1v) is 16.4. The molecule has 0 radical (unpaired) electrons. The van der Waals surface area contributed by atoms with Crippen LogP contribution in [-0.4, -0.2) is 44.3 Å². The molecule has 0 aliphatic heterocycles. The smallest absolute Gasteiger partial charge is 0.264 e. The van der Waals surface area contributed by atoms with Gasteiger partial charge in [0.2, 0.25) is 11.8 Å². The third kappa shape index (κ3) is 8.20. The van der Waals surface area contributed by atoms with Crippen LogP contribution in [0.15, 0.2) is 102 Å². The van der Waals surface area contributed by atoms with Gasteiger partial charge in [-0.2, -0.15) is 0 Å². The highest BCUT2D eigenvalue weighted by molar-refractivity contribution is 7.92. The molecule has 0 bridgehead atoms. The van der Waals surface area contributed by atoms with Crippen molar-refractivity contribution < 1.29 is 18.0 Å². The lowest BCUT2D eigenvalue weighted by Crippen LogP contribution is -2.53. The molecule has 1 unspecified atom stereocenters. The maximum atomic E-state index is 14.4. The van der Waals surface area contributed by atoms with Crippen LogP contribution in [0.4, 0.5) is 5.69 Å². The van der Waals surface area contributed by atoms with Crippen LogP contribution in [0.25, 0.3) is 0 Å². The van der Waals surface area contributed by atoms with E-state index in [0.29, 0.717) is 6.54 Å². The average Bonchev–Trinajstić information content (AvgIpc) is 2.99. The molecule has 0 spiro atoms. The second-order valence-electron chi connectivity index (χ2n) is 10.5. The maximum Gasteiger partial charge on any atom is 0.264 e. The normalized spacial score (nSPS) is 11.9. The van der Waals surface area contributed by atoms with Gasteiger partial charge in [0, 0.05) is 24.5 Å². The zero-order valence-electron chi connectivity index (χ0n) is 24.8. The van der Waals surface area contributed by atoms with Crippen molar-refractivity contribution in [3.8, 4) is 0 Å². The molecule has 0 aliphatic carbocycles. The highest BCUT2D eigenvalue weighted by Gasteiger charge is 2.35. The highest BCUT2D eigenvalue weighted by atomic mass is 35.5. The third-order valence-electron chi connectivity index (χ3n) is 7.12. The van der Waals surface area contributed by atoms with Crippen molar-refractivity contribution in [1.82, 2.24) is 10.2 Å². The summed E-state index contributed by atoms with van der Waals surface area (Å²) >= 11 is 12.8. The predicted molar refractivity (Wildman–Crippen MR) is 177 cm³/mol. The van der Waals surface area contributed by atoms with Gasteiger partial charge in [-0.3, -0.25) is 13.9 Å². The highest BCUT2D eigenvalue weighted by Crippen LogP contribution is 2.33. The molecule has 7 nitrogen and oxygen atoms in total. The number of aryl methyl sites for hydroxylation is 2. The van der Waals surface area contributed by atoms with E-state index >= 15 is 0 Å². The number of amides is 2. The Labute approximate surface area is 269 Å². The molecule has 0 aromatic heterocycles. The molecule has 0 heterocycles. The Hall–Kier alpha value is -3.85. The number of carbonyl (C=O) groups is 2. The van der Waals surface area contributed by atoms with Gasteiger partial charge in [-0.05, 0) is 62.2 Å². The number of hydrogen-bond acceptors (Lipinski definition) is 4. The van der Waals surface area contributed by atoms with Crippen LogP contribution < -0.4 is 9.62 Å². The summed E-state index contributed by atoms with van der Waals surface area (Å²) in [6.07, 6.45) is 0.229. The fourth-order valence-corrected chi connectivity index (χ4v) is 6.74. The Bertz CT molecular complexity index is 1710. The number of halogens is 2.